The summed E-state index contributed by atoms with van der Waals surface area (Å²) in [6, 6.07) is 15.2. The second-order valence-corrected chi connectivity index (χ2v) is 9.05. The van der Waals surface area contributed by atoms with Crippen molar-refractivity contribution in [2.24, 2.45) is 0 Å². The Morgan fingerprint density at radius 1 is 0.943 bits per heavy atom. The van der Waals surface area contributed by atoms with Gasteiger partial charge >= 0.3 is 0 Å². The molecule has 0 saturated carbocycles. The van der Waals surface area contributed by atoms with E-state index in [1.807, 2.05) is 25.1 Å². The molecule has 4 rings (SSSR count). The Kier molecular flexibility index (Phi) is 6.83. The molecule has 0 spiro atoms. The molecule has 0 saturated heterocycles. The fourth-order valence-electron chi connectivity index (χ4n) is 4.61. The fraction of sp³-hybridized carbons (Fsp3) is 0.310. The third-order valence-corrected chi connectivity index (χ3v) is 6.90. The van der Waals surface area contributed by atoms with Crippen LogP contribution in [0.1, 0.15) is 57.0 Å². The number of aryl methyl sites for hydroxylation is 2. The van der Waals surface area contributed by atoms with E-state index in [-0.39, 0.29) is 11.9 Å². The molecule has 1 N–H and O–H groups in total. The zero-order valence-corrected chi connectivity index (χ0v) is 21.5. The van der Waals surface area contributed by atoms with E-state index in [1.165, 1.54) is 27.8 Å². The fourth-order valence-corrected chi connectivity index (χ4v) is 4.61. The van der Waals surface area contributed by atoms with Crippen molar-refractivity contribution < 1.29 is 14.3 Å². The van der Waals surface area contributed by atoms with Gasteiger partial charge in [0.15, 0.2) is 11.5 Å². The largest absolute Gasteiger partial charge is 0.493 e. The zero-order chi connectivity index (χ0) is 25.3. The number of hydrogen-bond donors (Lipinski definition) is 1. The van der Waals surface area contributed by atoms with Gasteiger partial charge in [-0.05, 0) is 92.8 Å². The zero-order valence-electron chi connectivity index (χ0n) is 21.5. The number of carbonyl (C=O) groups is 1. The topological polar surface area (TPSA) is 65.4 Å². The minimum Gasteiger partial charge on any atom is -0.493 e. The van der Waals surface area contributed by atoms with E-state index in [4.69, 9.17) is 14.5 Å². The Morgan fingerprint density at radius 3 is 2.26 bits per heavy atom. The smallest absolute Gasteiger partial charge is 0.251 e. The first-order valence-corrected chi connectivity index (χ1v) is 11.8. The van der Waals surface area contributed by atoms with E-state index >= 15 is 0 Å². The van der Waals surface area contributed by atoms with Gasteiger partial charge in [-0.25, -0.2) is 4.98 Å². The molecule has 0 aliphatic carbocycles. The highest BCUT2D eigenvalue weighted by atomic mass is 16.5. The van der Waals surface area contributed by atoms with Crippen LogP contribution in [0.5, 0.6) is 11.5 Å². The van der Waals surface area contributed by atoms with Crippen LogP contribution < -0.4 is 14.8 Å². The summed E-state index contributed by atoms with van der Waals surface area (Å²) < 4.78 is 12.9. The summed E-state index contributed by atoms with van der Waals surface area (Å²) >= 11 is 0. The molecule has 1 atom stereocenters. The second kappa shape index (κ2) is 9.82. The van der Waals surface area contributed by atoms with Crippen molar-refractivity contribution in [3.8, 4) is 11.5 Å². The summed E-state index contributed by atoms with van der Waals surface area (Å²) in [5.41, 5.74) is 8.90. The SMILES string of the molecule is COc1ccc(C(=O)NC(C)c2nc3ccccc3n2Cc2c(C)c(C)cc(C)c2C)cc1OC. The molecule has 0 aliphatic heterocycles. The average molecular weight is 472 g/mol. The van der Waals surface area contributed by atoms with Gasteiger partial charge in [-0.2, -0.15) is 0 Å². The van der Waals surface area contributed by atoms with Gasteiger partial charge in [-0.3, -0.25) is 4.79 Å². The van der Waals surface area contributed by atoms with Gasteiger partial charge in [0.1, 0.15) is 5.82 Å². The van der Waals surface area contributed by atoms with Gasteiger partial charge in [0, 0.05) is 12.1 Å². The summed E-state index contributed by atoms with van der Waals surface area (Å²) in [5.74, 6) is 1.72. The number of nitrogens with one attached hydrogen (secondary N) is 1. The second-order valence-electron chi connectivity index (χ2n) is 9.05. The number of amides is 1. The van der Waals surface area contributed by atoms with Crippen molar-refractivity contribution in [2.45, 2.75) is 47.2 Å². The Bertz CT molecular complexity index is 1380. The van der Waals surface area contributed by atoms with Crippen LogP contribution in [-0.2, 0) is 6.54 Å². The third kappa shape index (κ3) is 4.61. The molecule has 6 heteroatoms. The number of ether oxygens (including phenoxy) is 2. The van der Waals surface area contributed by atoms with Gasteiger partial charge in [0.05, 0.1) is 31.3 Å². The summed E-state index contributed by atoms with van der Waals surface area (Å²) in [4.78, 5) is 18.1. The van der Waals surface area contributed by atoms with Gasteiger partial charge in [0.25, 0.3) is 5.91 Å². The summed E-state index contributed by atoms with van der Waals surface area (Å²) in [5, 5.41) is 3.12. The molecule has 3 aromatic carbocycles. The lowest BCUT2D eigenvalue weighted by molar-refractivity contribution is 0.0937. The van der Waals surface area contributed by atoms with Gasteiger partial charge in [-0.15, -0.1) is 0 Å². The Balaban J connectivity index is 1.71. The minimum absolute atomic E-state index is 0.198. The number of para-hydroxylation sites is 2. The van der Waals surface area contributed by atoms with Gasteiger partial charge in [-0.1, -0.05) is 18.2 Å². The summed E-state index contributed by atoms with van der Waals surface area (Å²) in [6.45, 7) is 11.3. The van der Waals surface area contributed by atoms with E-state index in [0.717, 1.165) is 16.9 Å². The van der Waals surface area contributed by atoms with Crippen LogP contribution in [0.4, 0.5) is 0 Å². The average Bonchev–Trinajstić information content (AvgIpc) is 3.23. The standard InChI is InChI=1S/C29H33N3O3/c1-17-14-18(2)20(4)23(19(17)3)16-32-25-11-9-8-10-24(25)31-28(32)21(5)30-29(33)22-12-13-26(34-6)27(15-22)35-7/h8-15,21H,16H2,1-7H3,(H,30,33). The van der Waals surface area contributed by atoms with Crippen LogP contribution in [0.25, 0.3) is 11.0 Å². The normalized spacial score (nSPS) is 12.0. The van der Waals surface area contributed by atoms with Gasteiger partial charge < -0.3 is 19.4 Å². The molecule has 1 amide bonds. The molecule has 0 aliphatic rings. The Labute approximate surface area is 206 Å². The summed E-state index contributed by atoms with van der Waals surface area (Å²) in [7, 11) is 3.13. The molecular formula is C29H33N3O3. The number of fused-ring (bicyclic) bond motifs is 1. The highest BCUT2D eigenvalue weighted by molar-refractivity contribution is 5.95. The first-order chi connectivity index (χ1) is 16.7. The van der Waals surface area contributed by atoms with Crippen LogP contribution in [0, 0.1) is 27.7 Å². The number of methoxy groups -OCH3 is 2. The third-order valence-electron chi connectivity index (χ3n) is 6.90. The number of hydrogen-bond acceptors (Lipinski definition) is 4. The van der Waals surface area contributed by atoms with Gasteiger partial charge in [0.2, 0.25) is 0 Å². The number of rotatable bonds is 7. The molecule has 0 bridgehead atoms. The highest BCUT2D eigenvalue weighted by Crippen LogP contribution is 2.29. The monoisotopic (exact) mass is 471 g/mol. The molecule has 1 unspecified atom stereocenters. The number of carbonyl (C=O) groups excluding carboxylic acids is 1. The number of aromatic nitrogens is 2. The lowest BCUT2D eigenvalue weighted by Gasteiger charge is -2.20. The molecule has 35 heavy (non-hydrogen) atoms. The van der Waals surface area contributed by atoms with E-state index in [9.17, 15) is 4.79 Å². The number of nitrogens with zero attached hydrogens (tertiary/aromatic N) is 2. The van der Waals surface area contributed by atoms with Crippen LogP contribution in [0.15, 0.2) is 48.5 Å². The van der Waals surface area contributed by atoms with Crippen LogP contribution >= 0.6 is 0 Å². The molecule has 0 fully saturated rings. The maximum atomic E-state index is 13.1. The summed E-state index contributed by atoms with van der Waals surface area (Å²) in [6.07, 6.45) is 0. The minimum atomic E-state index is -0.311. The van der Waals surface area contributed by atoms with Crippen LogP contribution in [-0.4, -0.2) is 29.7 Å². The number of benzene rings is 3. The Hall–Kier alpha value is -3.80. The maximum Gasteiger partial charge on any atom is 0.251 e. The van der Waals surface area contributed by atoms with E-state index in [0.29, 0.717) is 23.6 Å². The van der Waals surface area contributed by atoms with Crippen molar-refractivity contribution >= 4 is 16.9 Å². The van der Waals surface area contributed by atoms with Crippen molar-refractivity contribution in [1.82, 2.24) is 14.9 Å². The van der Waals surface area contributed by atoms with E-state index in [1.54, 1.807) is 32.4 Å². The van der Waals surface area contributed by atoms with Crippen molar-refractivity contribution in [3.63, 3.8) is 0 Å². The lowest BCUT2D eigenvalue weighted by Crippen LogP contribution is -2.29. The first kappa shape index (κ1) is 24.3. The predicted octanol–water partition coefficient (Wildman–Crippen LogP) is 5.83. The van der Waals surface area contributed by atoms with Crippen molar-refractivity contribution in [2.75, 3.05) is 14.2 Å². The maximum absolute atomic E-state index is 13.1. The highest BCUT2D eigenvalue weighted by Gasteiger charge is 2.21. The molecule has 6 nitrogen and oxygen atoms in total. The quantitative estimate of drug-likeness (QED) is 0.368. The molecule has 1 heterocycles. The van der Waals surface area contributed by atoms with Crippen LogP contribution in [0.2, 0.25) is 0 Å². The molecule has 1 aromatic heterocycles. The van der Waals surface area contributed by atoms with E-state index < -0.39 is 0 Å². The van der Waals surface area contributed by atoms with Crippen LogP contribution in [0.3, 0.4) is 0 Å². The molecule has 4 aromatic rings. The number of imidazole rings is 1. The molecular weight excluding hydrogens is 438 g/mol. The van der Waals surface area contributed by atoms with Crippen molar-refractivity contribution in [3.05, 3.63) is 87.7 Å². The van der Waals surface area contributed by atoms with Crippen molar-refractivity contribution in [1.29, 1.82) is 0 Å². The lowest BCUT2D eigenvalue weighted by atomic mass is 9.94. The molecule has 0 radical (unpaired) electrons. The Morgan fingerprint density at radius 2 is 1.60 bits per heavy atom. The first-order valence-electron chi connectivity index (χ1n) is 11.8. The van der Waals surface area contributed by atoms with E-state index in [2.05, 4.69) is 49.7 Å². The molecule has 182 valence electrons. The predicted molar refractivity (Wildman–Crippen MR) is 140 cm³/mol.